The molecule has 3 aromatic carbocycles. The summed E-state index contributed by atoms with van der Waals surface area (Å²) in [6.07, 6.45) is -1.31. The van der Waals surface area contributed by atoms with Crippen LogP contribution < -0.4 is 14.8 Å². The van der Waals surface area contributed by atoms with Gasteiger partial charge in [-0.05, 0) is 73.9 Å². The zero-order valence-corrected chi connectivity index (χ0v) is 25.0. The number of benzene rings is 3. The molecule has 9 nitrogen and oxygen atoms in total. The molecule has 1 N–H and O–H groups in total. The molecule has 2 aliphatic rings. The van der Waals surface area contributed by atoms with Crippen molar-refractivity contribution >= 4 is 46.9 Å². The van der Waals surface area contributed by atoms with Gasteiger partial charge in [0.1, 0.15) is 29.7 Å². The maximum atomic E-state index is 13.0. The van der Waals surface area contributed by atoms with Crippen molar-refractivity contribution in [1.29, 1.82) is 0 Å². The molecule has 2 amide bonds. The highest BCUT2D eigenvalue weighted by atomic mass is 35.5. The maximum Gasteiger partial charge on any atom is 0.411 e. The monoisotopic (exact) mass is 612 g/mol. The molecule has 2 heterocycles. The number of halogens is 2. The average Bonchev–Trinajstić information content (AvgIpc) is 2.94. The Balaban J connectivity index is 1.32. The predicted octanol–water partition coefficient (Wildman–Crippen LogP) is 6.48. The first-order chi connectivity index (χ1) is 19.9. The molecule has 0 aliphatic carbocycles. The number of rotatable bonds is 5. The van der Waals surface area contributed by atoms with Crippen molar-refractivity contribution in [2.24, 2.45) is 0 Å². The maximum absolute atomic E-state index is 13.0. The van der Waals surface area contributed by atoms with Gasteiger partial charge in [0.25, 0.3) is 5.91 Å². The van der Waals surface area contributed by atoms with Gasteiger partial charge in [-0.2, -0.15) is 0 Å². The minimum Gasteiger partial charge on any atom is -0.489 e. The number of ether oxygens (including phenoxy) is 4. The number of nitrogens with one attached hydrogen (secondary N) is 1. The van der Waals surface area contributed by atoms with Crippen molar-refractivity contribution in [2.75, 3.05) is 12.4 Å². The summed E-state index contributed by atoms with van der Waals surface area (Å²) >= 11 is 12.1. The van der Waals surface area contributed by atoms with Crippen LogP contribution in [0.25, 0.3) is 0 Å². The van der Waals surface area contributed by atoms with Gasteiger partial charge >= 0.3 is 12.1 Å². The van der Waals surface area contributed by atoms with E-state index >= 15 is 0 Å². The Labute approximate surface area is 253 Å². The first kappa shape index (κ1) is 29.5. The Morgan fingerprint density at radius 2 is 1.76 bits per heavy atom. The normalized spacial score (nSPS) is 17.8. The zero-order chi connectivity index (χ0) is 30.2. The molecule has 2 aliphatic heterocycles. The average molecular weight is 613 g/mol. The van der Waals surface area contributed by atoms with Crippen LogP contribution in [-0.2, 0) is 38.6 Å². The fourth-order valence-corrected chi connectivity index (χ4v) is 5.12. The molecule has 0 saturated heterocycles. The molecule has 0 spiro atoms. The van der Waals surface area contributed by atoms with Gasteiger partial charge < -0.3 is 24.3 Å². The Morgan fingerprint density at radius 1 is 1.02 bits per heavy atom. The molecule has 11 heteroatoms. The van der Waals surface area contributed by atoms with E-state index in [2.05, 4.69) is 5.32 Å². The van der Waals surface area contributed by atoms with Crippen LogP contribution >= 0.6 is 23.2 Å². The van der Waals surface area contributed by atoms with E-state index in [0.29, 0.717) is 39.4 Å². The van der Waals surface area contributed by atoms with Gasteiger partial charge in [-0.25, -0.2) is 9.59 Å². The standard InChI is InChI=1S/C31H30Cl2N2O7/c1-31(2,3)42-30(38)35-15-20-14-26-24(12-19(20)13-25(35)29(37)39-4)34-28(36)27(41-26)18-6-8-21(9-7-18)40-16-17-5-10-22(32)23(33)11-17/h5-12,14,25,27H,13,15-16H2,1-4H3,(H,34,36)/t25-,27+/m0/s1. The van der Waals surface area contributed by atoms with Crippen LogP contribution in [0.2, 0.25) is 10.0 Å². The Hall–Kier alpha value is -3.95. The fraction of sp³-hybridized carbons (Fsp3) is 0.323. The Kier molecular flexibility index (Phi) is 8.25. The van der Waals surface area contributed by atoms with Crippen LogP contribution in [0.5, 0.6) is 11.5 Å². The molecule has 0 bridgehead atoms. The van der Waals surface area contributed by atoms with Crippen molar-refractivity contribution in [3.63, 3.8) is 0 Å². The third-order valence-electron chi connectivity index (χ3n) is 6.85. The summed E-state index contributed by atoms with van der Waals surface area (Å²) in [6.45, 7) is 5.70. The number of anilines is 1. The molecular weight excluding hydrogens is 583 g/mol. The SMILES string of the molecule is COC(=O)[C@@H]1Cc2cc3c(cc2CN1C(=O)OC(C)(C)C)O[C@H](c1ccc(OCc2ccc(Cl)c(Cl)c2)cc1)C(=O)N3. The van der Waals surface area contributed by atoms with Crippen molar-refractivity contribution < 1.29 is 33.3 Å². The number of nitrogens with zero attached hydrogens (tertiary/aromatic N) is 1. The molecule has 2 atom stereocenters. The number of fused-ring (bicyclic) bond motifs is 2. The lowest BCUT2D eigenvalue weighted by Gasteiger charge is -2.37. The molecule has 42 heavy (non-hydrogen) atoms. The highest BCUT2D eigenvalue weighted by molar-refractivity contribution is 6.42. The summed E-state index contributed by atoms with van der Waals surface area (Å²) in [5.74, 6) is 0.188. The summed E-state index contributed by atoms with van der Waals surface area (Å²) in [4.78, 5) is 40.0. The number of esters is 1. The van der Waals surface area contributed by atoms with Crippen LogP contribution in [0.4, 0.5) is 10.5 Å². The highest BCUT2D eigenvalue weighted by Gasteiger charge is 2.39. The fourth-order valence-electron chi connectivity index (χ4n) is 4.80. The molecule has 3 aromatic rings. The third kappa shape index (κ3) is 6.42. The molecule has 5 rings (SSSR count). The molecule has 0 saturated carbocycles. The molecule has 0 aromatic heterocycles. The van der Waals surface area contributed by atoms with Gasteiger partial charge in [-0.3, -0.25) is 9.69 Å². The van der Waals surface area contributed by atoms with Crippen LogP contribution in [0, 0.1) is 0 Å². The molecular formula is C31H30Cl2N2O7. The van der Waals surface area contributed by atoms with E-state index in [4.69, 9.17) is 42.1 Å². The van der Waals surface area contributed by atoms with Crippen molar-refractivity contribution in [1.82, 2.24) is 4.90 Å². The largest absolute Gasteiger partial charge is 0.489 e. The number of hydrogen-bond donors (Lipinski definition) is 1. The summed E-state index contributed by atoms with van der Waals surface area (Å²) < 4.78 is 22.5. The quantitative estimate of drug-likeness (QED) is 0.329. The van der Waals surface area contributed by atoms with E-state index in [1.807, 2.05) is 6.07 Å². The topological polar surface area (TPSA) is 103 Å². The van der Waals surface area contributed by atoms with E-state index in [1.54, 1.807) is 69.3 Å². The minimum atomic E-state index is -0.895. The lowest BCUT2D eigenvalue weighted by Crippen LogP contribution is -2.50. The van der Waals surface area contributed by atoms with Gasteiger partial charge in [-0.1, -0.05) is 41.4 Å². The van der Waals surface area contributed by atoms with Gasteiger partial charge in [0.2, 0.25) is 6.10 Å². The van der Waals surface area contributed by atoms with E-state index in [-0.39, 0.29) is 18.9 Å². The molecule has 0 unspecified atom stereocenters. The smallest absolute Gasteiger partial charge is 0.411 e. The number of carbonyl (C=O) groups is 3. The summed E-state index contributed by atoms with van der Waals surface area (Å²) in [5.41, 5.74) is 2.84. The van der Waals surface area contributed by atoms with Crippen LogP contribution in [0.15, 0.2) is 54.6 Å². The van der Waals surface area contributed by atoms with Crippen molar-refractivity contribution in [3.05, 3.63) is 86.9 Å². The van der Waals surface area contributed by atoms with Crippen LogP contribution in [-0.4, -0.2) is 41.6 Å². The molecule has 0 fully saturated rings. The molecule has 220 valence electrons. The van der Waals surface area contributed by atoms with Crippen LogP contribution in [0.1, 0.15) is 49.1 Å². The number of methoxy groups -OCH3 is 1. The number of carbonyl (C=O) groups excluding carboxylic acids is 3. The third-order valence-corrected chi connectivity index (χ3v) is 7.59. The predicted molar refractivity (Wildman–Crippen MR) is 157 cm³/mol. The second kappa shape index (κ2) is 11.7. The second-order valence-electron chi connectivity index (χ2n) is 11.1. The lowest BCUT2D eigenvalue weighted by molar-refractivity contribution is -0.147. The first-order valence-electron chi connectivity index (χ1n) is 13.3. The van der Waals surface area contributed by atoms with Gasteiger partial charge in [0.05, 0.1) is 29.4 Å². The number of hydrogen-bond acceptors (Lipinski definition) is 7. The van der Waals surface area contributed by atoms with E-state index < -0.39 is 29.8 Å². The van der Waals surface area contributed by atoms with E-state index in [9.17, 15) is 14.4 Å². The zero-order valence-electron chi connectivity index (χ0n) is 23.5. The lowest BCUT2D eigenvalue weighted by atomic mass is 9.92. The van der Waals surface area contributed by atoms with Gasteiger partial charge in [0, 0.05) is 12.0 Å². The van der Waals surface area contributed by atoms with Gasteiger partial charge in [-0.15, -0.1) is 0 Å². The number of amides is 2. The first-order valence-corrected chi connectivity index (χ1v) is 14.0. The minimum absolute atomic E-state index is 0.115. The van der Waals surface area contributed by atoms with Crippen molar-refractivity contribution in [2.45, 2.75) is 58.1 Å². The highest BCUT2D eigenvalue weighted by Crippen LogP contribution is 2.40. The van der Waals surface area contributed by atoms with Gasteiger partial charge in [0.15, 0.2) is 0 Å². The van der Waals surface area contributed by atoms with E-state index in [1.165, 1.54) is 12.0 Å². The van der Waals surface area contributed by atoms with Crippen LogP contribution in [0.3, 0.4) is 0 Å². The second-order valence-corrected chi connectivity index (χ2v) is 11.9. The summed E-state index contributed by atoms with van der Waals surface area (Å²) in [6, 6.07) is 15.1. The summed E-state index contributed by atoms with van der Waals surface area (Å²) in [7, 11) is 1.28. The Morgan fingerprint density at radius 3 is 2.43 bits per heavy atom. The summed E-state index contributed by atoms with van der Waals surface area (Å²) in [5, 5.41) is 3.84. The molecule has 0 radical (unpaired) electrons. The Bertz CT molecular complexity index is 1540. The van der Waals surface area contributed by atoms with Crippen molar-refractivity contribution in [3.8, 4) is 11.5 Å². The van der Waals surface area contributed by atoms with E-state index in [0.717, 1.165) is 16.7 Å².